The van der Waals surface area contributed by atoms with E-state index < -0.39 is 18.1 Å². The third kappa shape index (κ3) is 3.23. The van der Waals surface area contributed by atoms with Crippen LogP contribution in [0.4, 0.5) is 13.2 Å². The topological polar surface area (TPSA) is 48.1 Å². The number of ether oxygens (including phenoxy) is 1. The van der Waals surface area contributed by atoms with Crippen LogP contribution in [0.25, 0.3) is 0 Å². The molecular formula is C10H12ClF3N2O. The number of nitrogens with two attached hydrogens (primary N) is 1. The average molecular weight is 269 g/mol. The fourth-order valence-electron chi connectivity index (χ4n) is 1.30. The Morgan fingerprint density at radius 2 is 2.06 bits per heavy atom. The maximum Gasteiger partial charge on any atom is 0.404 e. The van der Waals surface area contributed by atoms with Crippen LogP contribution in [0.1, 0.15) is 18.5 Å². The number of rotatable bonds is 3. The van der Waals surface area contributed by atoms with Crippen molar-refractivity contribution in [1.82, 2.24) is 4.98 Å². The normalized spacial score (nSPS) is 15.5. The second kappa shape index (κ2) is 5.10. The maximum absolute atomic E-state index is 12.4. The zero-order chi connectivity index (χ0) is 13.2. The Bertz CT molecular complexity index is 398. The van der Waals surface area contributed by atoms with Gasteiger partial charge in [-0.15, -0.1) is 0 Å². The Hall–Kier alpha value is -1.01. The fourth-order valence-corrected chi connectivity index (χ4v) is 1.54. The molecule has 1 heterocycles. The van der Waals surface area contributed by atoms with Gasteiger partial charge < -0.3 is 10.5 Å². The largest absolute Gasteiger partial charge is 0.494 e. The van der Waals surface area contributed by atoms with E-state index in [1.807, 2.05) is 0 Å². The van der Waals surface area contributed by atoms with Crippen LogP contribution in [0.2, 0.25) is 5.02 Å². The van der Waals surface area contributed by atoms with Crippen molar-refractivity contribution in [1.29, 1.82) is 0 Å². The minimum atomic E-state index is -4.46. The van der Waals surface area contributed by atoms with Crippen LogP contribution < -0.4 is 10.5 Å². The van der Waals surface area contributed by atoms with Gasteiger partial charge in [0.05, 0.1) is 18.3 Å². The maximum atomic E-state index is 12.4. The van der Waals surface area contributed by atoms with Crippen molar-refractivity contribution >= 4 is 11.6 Å². The molecule has 1 rings (SSSR count). The highest BCUT2D eigenvalue weighted by molar-refractivity contribution is 6.32. The third-order valence-corrected chi connectivity index (χ3v) is 2.74. The molecule has 7 heteroatoms. The van der Waals surface area contributed by atoms with Gasteiger partial charge in [0.25, 0.3) is 0 Å². The lowest BCUT2D eigenvalue weighted by atomic mass is 9.98. The SMILES string of the molecule is COc1cnc(C(C)C(N)C(F)(F)F)cc1Cl. The van der Waals surface area contributed by atoms with Gasteiger partial charge in [-0.25, -0.2) is 0 Å². The lowest BCUT2D eigenvalue weighted by molar-refractivity contribution is -0.151. The molecule has 1 aromatic heterocycles. The fraction of sp³-hybridized carbons (Fsp3) is 0.500. The first-order valence-electron chi connectivity index (χ1n) is 4.79. The van der Waals surface area contributed by atoms with Crippen molar-refractivity contribution in [3.63, 3.8) is 0 Å². The molecule has 0 radical (unpaired) electrons. The van der Waals surface area contributed by atoms with E-state index in [4.69, 9.17) is 22.1 Å². The van der Waals surface area contributed by atoms with E-state index >= 15 is 0 Å². The number of nitrogens with zero attached hydrogens (tertiary/aromatic N) is 1. The Kier molecular flexibility index (Phi) is 4.21. The first kappa shape index (κ1) is 14.1. The lowest BCUT2D eigenvalue weighted by Crippen LogP contribution is -2.41. The van der Waals surface area contributed by atoms with Gasteiger partial charge in [0.2, 0.25) is 0 Å². The van der Waals surface area contributed by atoms with Crippen LogP contribution in [0.3, 0.4) is 0 Å². The molecule has 0 amide bonds. The summed E-state index contributed by atoms with van der Waals surface area (Å²) in [5, 5.41) is 0.207. The van der Waals surface area contributed by atoms with Gasteiger partial charge in [0.15, 0.2) is 5.75 Å². The molecular weight excluding hydrogens is 257 g/mol. The predicted octanol–water partition coefficient (Wildman–Crippen LogP) is 2.74. The summed E-state index contributed by atoms with van der Waals surface area (Å²) in [6, 6.07) is -0.643. The first-order chi connectivity index (χ1) is 7.77. The van der Waals surface area contributed by atoms with E-state index in [2.05, 4.69) is 4.98 Å². The summed E-state index contributed by atoms with van der Waals surface area (Å²) < 4.78 is 42.1. The number of aromatic nitrogens is 1. The minimum Gasteiger partial charge on any atom is -0.494 e. The van der Waals surface area contributed by atoms with Crippen LogP contribution in [0, 0.1) is 0 Å². The minimum absolute atomic E-state index is 0.181. The molecule has 1 aromatic rings. The highest BCUT2D eigenvalue weighted by Gasteiger charge is 2.41. The van der Waals surface area contributed by atoms with Gasteiger partial charge in [0, 0.05) is 11.6 Å². The summed E-state index contributed by atoms with van der Waals surface area (Å²) in [6.07, 6.45) is -3.19. The molecule has 0 aliphatic rings. The van der Waals surface area contributed by atoms with E-state index in [0.29, 0.717) is 5.75 Å². The van der Waals surface area contributed by atoms with E-state index in [-0.39, 0.29) is 10.7 Å². The standard InChI is InChI=1S/C10H12ClF3N2O/c1-5(9(15)10(12,13)14)7-3-6(11)8(17-2)4-16-7/h3-5,9H,15H2,1-2H3. The summed E-state index contributed by atoms with van der Waals surface area (Å²) in [5.41, 5.74) is 5.29. The van der Waals surface area contributed by atoms with Gasteiger partial charge in [-0.05, 0) is 6.07 Å². The third-order valence-electron chi connectivity index (χ3n) is 2.44. The molecule has 96 valence electrons. The van der Waals surface area contributed by atoms with Crippen molar-refractivity contribution in [2.24, 2.45) is 5.73 Å². The van der Waals surface area contributed by atoms with Gasteiger partial charge >= 0.3 is 6.18 Å². The number of halogens is 4. The van der Waals surface area contributed by atoms with Crippen molar-refractivity contribution < 1.29 is 17.9 Å². The molecule has 17 heavy (non-hydrogen) atoms. The van der Waals surface area contributed by atoms with Crippen LogP contribution in [0.15, 0.2) is 12.3 Å². The highest BCUT2D eigenvalue weighted by Crippen LogP contribution is 2.32. The van der Waals surface area contributed by atoms with Crippen LogP contribution >= 0.6 is 11.6 Å². The van der Waals surface area contributed by atoms with E-state index in [0.717, 1.165) is 0 Å². The van der Waals surface area contributed by atoms with Crippen molar-refractivity contribution in [2.75, 3.05) is 7.11 Å². The Labute approximate surface area is 102 Å². The molecule has 0 aromatic carbocycles. The van der Waals surface area contributed by atoms with Crippen LogP contribution in [0.5, 0.6) is 5.75 Å². The van der Waals surface area contributed by atoms with Crippen molar-refractivity contribution in [3.05, 3.63) is 23.0 Å². The molecule has 0 saturated heterocycles. The number of hydrogen-bond acceptors (Lipinski definition) is 3. The zero-order valence-corrected chi connectivity index (χ0v) is 10.0. The average Bonchev–Trinajstić information content (AvgIpc) is 2.25. The number of pyridine rings is 1. The quantitative estimate of drug-likeness (QED) is 0.917. The molecule has 0 bridgehead atoms. The molecule has 2 atom stereocenters. The smallest absolute Gasteiger partial charge is 0.404 e. The number of methoxy groups -OCH3 is 1. The lowest BCUT2D eigenvalue weighted by Gasteiger charge is -2.22. The molecule has 2 unspecified atom stereocenters. The van der Waals surface area contributed by atoms with Crippen molar-refractivity contribution in [2.45, 2.75) is 25.1 Å². The summed E-state index contributed by atoms with van der Waals surface area (Å²) in [4.78, 5) is 3.86. The van der Waals surface area contributed by atoms with Crippen LogP contribution in [-0.2, 0) is 0 Å². The van der Waals surface area contributed by atoms with E-state index in [9.17, 15) is 13.2 Å². The summed E-state index contributed by atoms with van der Waals surface area (Å²) in [5.74, 6) is -0.665. The highest BCUT2D eigenvalue weighted by atomic mass is 35.5. The Morgan fingerprint density at radius 3 is 2.47 bits per heavy atom. The van der Waals surface area contributed by atoms with Gasteiger partial charge in [-0.2, -0.15) is 13.2 Å². The first-order valence-corrected chi connectivity index (χ1v) is 5.17. The van der Waals surface area contributed by atoms with Gasteiger partial charge in [-0.1, -0.05) is 18.5 Å². The zero-order valence-electron chi connectivity index (χ0n) is 9.25. The van der Waals surface area contributed by atoms with Gasteiger partial charge in [-0.3, -0.25) is 4.98 Å². The van der Waals surface area contributed by atoms with E-state index in [1.54, 1.807) is 0 Å². The summed E-state index contributed by atoms with van der Waals surface area (Å²) in [7, 11) is 1.40. The van der Waals surface area contributed by atoms with Crippen LogP contribution in [-0.4, -0.2) is 24.3 Å². The number of alkyl halides is 3. The monoisotopic (exact) mass is 268 g/mol. The van der Waals surface area contributed by atoms with Gasteiger partial charge in [0.1, 0.15) is 6.04 Å². The second-order valence-electron chi connectivity index (χ2n) is 3.60. The molecule has 0 aliphatic carbocycles. The summed E-state index contributed by atoms with van der Waals surface area (Å²) in [6.45, 7) is 1.35. The van der Waals surface area contributed by atoms with Crippen molar-refractivity contribution in [3.8, 4) is 5.75 Å². The molecule has 0 aliphatic heterocycles. The molecule has 2 N–H and O–H groups in total. The molecule has 0 saturated carbocycles. The molecule has 0 fully saturated rings. The predicted molar refractivity (Wildman–Crippen MR) is 58.2 cm³/mol. The van der Waals surface area contributed by atoms with E-state index in [1.165, 1.54) is 26.3 Å². The summed E-state index contributed by atoms with van der Waals surface area (Å²) >= 11 is 5.81. The Morgan fingerprint density at radius 1 is 1.47 bits per heavy atom. The molecule has 0 spiro atoms. The molecule has 3 nitrogen and oxygen atoms in total. The number of hydrogen-bond donors (Lipinski definition) is 1. The Balaban J connectivity index is 2.97. The second-order valence-corrected chi connectivity index (χ2v) is 4.01.